The second-order valence-electron chi connectivity index (χ2n) is 11.1. The summed E-state index contributed by atoms with van der Waals surface area (Å²) < 4.78 is 5.55. The van der Waals surface area contributed by atoms with Crippen molar-refractivity contribution in [2.24, 2.45) is 17.1 Å². The molecule has 10 nitrogen and oxygen atoms in total. The summed E-state index contributed by atoms with van der Waals surface area (Å²) in [5, 5.41) is 21.6. The zero-order valence-corrected chi connectivity index (χ0v) is 23.0. The number of hydrogen-bond donors (Lipinski definition) is 3. The van der Waals surface area contributed by atoms with Crippen molar-refractivity contribution in [3.63, 3.8) is 0 Å². The van der Waals surface area contributed by atoms with Gasteiger partial charge in [-0.1, -0.05) is 23.4 Å². The van der Waals surface area contributed by atoms with Crippen molar-refractivity contribution < 1.29 is 14.6 Å². The molecular formula is C26H32ClN7O3S. The van der Waals surface area contributed by atoms with E-state index in [1.54, 1.807) is 12.4 Å². The number of nitrogens with zero attached hydrogens (tertiary/aromatic N) is 6. The Morgan fingerprint density at radius 2 is 1.95 bits per heavy atom. The van der Waals surface area contributed by atoms with Crippen LogP contribution in [0.4, 0.5) is 11.6 Å². The minimum Gasteiger partial charge on any atom is -0.447 e. The van der Waals surface area contributed by atoms with Gasteiger partial charge in [-0.3, -0.25) is 0 Å². The highest BCUT2D eigenvalue weighted by molar-refractivity contribution is 7.99. The van der Waals surface area contributed by atoms with Gasteiger partial charge in [-0.25, -0.2) is 19.9 Å². The zero-order chi connectivity index (χ0) is 26.7. The smallest absolute Gasteiger partial charge is 0.181 e. The van der Waals surface area contributed by atoms with Crippen LogP contribution in [0.1, 0.15) is 49.9 Å². The number of pyridine rings is 1. The van der Waals surface area contributed by atoms with Gasteiger partial charge in [0.05, 0.1) is 35.2 Å². The lowest BCUT2D eigenvalue weighted by atomic mass is 9.73. The maximum Gasteiger partial charge on any atom is 0.181 e. The Balaban J connectivity index is 1.14. The first kappa shape index (κ1) is 25.8. The molecule has 38 heavy (non-hydrogen) atoms. The monoisotopic (exact) mass is 557 g/mol. The van der Waals surface area contributed by atoms with Gasteiger partial charge in [0.2, 0.25) is 0 Å². The van der Waals surface area contributed by atoms with Crippen LogP contribution in [0.3, 0.4) is 0 Å². The lowest BCUT2D eigenvalue weighted by Crippen LogP contribution is -2.56. The molecule has 0 bridgehead atoms. The fraction of sp³-hybridized carbons (Fsp3) is 0.538. The Kier molecular flexibility index (Phi) is 6.55. The number of aliphatic hydroxyl groups is 2. The molecule has 0 aromatic carbocycles. The summed E-state index contributed by atoms with van der Waals surface area (Å²) in [6, 6.07) is 1.71. The van der Waals surface area contributed by atoms with Crippen LogP contribution in [-0.2, 0) is 13.0 Å². The highest BCUT2D eigenvalue weighted by Crippen LogP contribution is 2.51. The average Bonchev–Trinajstić information content (AvgIpc) is 3.41. The molecule has 2 aliphatic heterocycles. The van der Waals surface area contributed by atoms with Crippen LogP contribution in [0.25, 0.3) is 0 Å². The molecular weight excluding hydrogens is 526 g/mol. The van der Waals surface area contributed by atoms with Crippen molar-refractivity contribution in [2.75, 3.05) is 36.0 Å². The molecule has 3 aromatic heterocycles. The van der Waals surface area contributed by atoms with Crippen molar-refractivity contribution in [2.45, 2.75) is 61.3 Å². The molecule has 0 saturated carbocycles. The highest BCUT2D eigenvalue weighted by atomic mass is 35.5. The van der Waals surface area contributed by atoms with Gasteiger partial charge in [-0.2, -0.15) is 0 Å². The molecule has 3 aliphatic rings. The van der Waals surface area contributed by atoms with Crippen molar-refractivity contribution in [3.8, 4) is 0 Å². The maximum absolute atomic E-state index is 10.2. The Morgan fingerprint density at radius 3 is 2.63 bits per heavy atom. The number of hydrogen-bond acceptors (Lipinski definition) is 11. The predicted octanol–water partition coefficient (Wildman–Crippen LogP) is 3.21. The summed E-state index contributed by atoms with van der Waals surface area (Å²) in [6.45, 7) is 6.40. The van der Waals surface area contributed by atoms with Gasteiger partial charge in [0.15, 0.2) is 12.2 Å². The van der Waals surface area contributed by atoms with Gasteiger partial charge in [0, 0.05) is 55.0 Å². The number of aromatic nitrogens is 4. The van der Waals surface area contributed by atoms with E-state index in [2.05, 4.69) is 19.8 Å². The minimum atomic E-state index is -0.731. The van der Waals surface area contributed by atoms with Gasteiger partial charge in [0.1, 0.15) is 22.3 Å². The van der Waals surface area contributed by atoms with Crippen LogP contribution in [0.5, 0.6) is 0 Å². The SMILES string of the molecule is CC(C)(O)C1CN(c2nccc(Sc3cnc(N4CCC5(CC4)Cc4ncoc4[C@H]5N)c(CO)n3)c2Cl)C1. The summed E-state index contributed by atoms with van der Waals surface area (Å²) in [5.41, 5.74) is 7.31. The first-order valence-electron chi connectivity index (χ1n) is 12.9. The Labute approximate surface area is 230 Å². The van der Waals surface area contributed by atoms with Crippen molar-refractivity contribution in [1.82, 2.24) is 19.9 Å². The number of piperidine rings is 1. The summed E-state index contributed by atoms with van der Waals surface area (Å²) in [7, 11) is 0. The molecule has 1 atom stereocenters. The van der Waals surface area contributed by atoms with Gasteiger partial charge in [-0.15, -0.1) is 0 Å². The summed E-state index contributed by atoms with van der Waals surface area (Å²) in [5.74, 6) is 2.40. The van der Waals surface area contributed by atoms with Crippen LogP contribution in [0.2, 0.25) is 5.02 Å². The highest BCUT2D eigenvalue weighted by Gasteiger charge is 2.49. The first-order valence-corrected chi connectivity index (χ1v) is 14.1. The maximum atomic E-state index is 10.2. The second-order valence-corrected chi connectivity index (χ2v) is 12.5. The number of halogens is 1. The standard InChI is InChI=1S/C26H32ClN7O3S/c1-25(2,36)15-11-34(12-15)24-20(27)18(3-6-29-24)38-19-10-30-23(17(13-35)32-19)33-7-4-26(5-8-33)9-16-21(22(26)28)37-14-31-16/h3,6,10,14-15,22,35-36H,4-5,7-9,11-13,28H2,1-2H3/t22-/m1/s1. The molecule has 5 heterocycles. The van der Waals surface area contributed by atoms with Gasteiger partial charge >= 0.3 is 0 Å². The molecule has 4 N–H and O–H groups in total. The molecule has 0 amide bonds. The normalized spacial score (nSPS) is 21.2. The molecule has 6 rings (SSSR count). The third kappa shape index (κ3) is 4.44. The first-order chi connectivity index (χ1) is 18.2. The number of fused-ring (bicyclic) bond motifs is 1. The van der Waals surface area contributed by atoms with E-state index in [0.29, 0.717) is 40.5 Å². The van der Waals surface area contributed by atoms with E-state index >= 15 is 0 Å². The van der Waals surface area contributed by atoms with Crippen molar-refractivity contribution >= 4 is 35.0 Å². The molecule has 2 fully saturated rings. The van der Waals surface area contributed by atoms with E-state index < -0.39 is 5.60 Å². The minimum absolute atomic E-state index is 0.0409. The fourth-order valence-corrected chi connectivity index (χ4v) is 6.93. The van der Waals surface area contributed by atoms with Crippen molar-refractivity contribution in [3.05, 3.63) is 47.0 Å². The van der Waals surface area contributed by atoms with Crippen LogP contribution < -0.4 is 15.5 Å². The van der Waals surface area contributed by atoms with Crippen LogP contribution in [0.15, 0.2) is 39.2 Å². The molecule has 1 spiro atoms. The van der Waals surface area contributed by atoms with E-state index in [1.807, 2.05) is 19.9 Å². The van der Waals surface area contributed by atoms with E-state index in [0.717, 1.165) is 48.7 Å². The molecule has 12 heteroatoms. The predicted molar refractivity (Wildman–Crippen MR) is 144 cm³/mol. The van der Waals surface area contributed by atoms with E-state index in [-0.39, 0.29) is 24.0 Å². The Morgan fingerprint density at radius 1 is 1.18 bits per heavy atom. The number of nitrogens with two attached hydrogens (primary N) is 1. The molecule has 0 radical (unpaired) electrons. The summed E-state index contributed by atoms with van der Waals surface area (Å²) >= 11 is 8.13. The van der Waals surface area contributed by atoms with Crippen LogP contribution in [0, 0.1) is 11.3 Å². The second kappa shape index (κ2) is 9.63. The lowest BCUT2D eigenvalue weighted by molar-refractivity contribution is 0.00438. The lowest BCUT2D eigenvalue weighted by Gasteiger charge is -2.46. The molecule has 0 unspecified atom stereocenters. The molecule has 1 aliphatic carbocycles. The third-order valence-corrected chi connectivity index (χ3v) is 9.82. The van der Waals surface area contributed by atoms with Gasteiger partial charge in [0.25, 0.3) is 0 Å². The van der Waals surface area contributed by atoms with Crippen LogP contribution in [-0.4, -0.2) is 61.9 Å². The molecule has 202 valence electrons. The van der Waals surface area contributed by atoms with Gasteiger partial charge in [-0.05, 0) is 32.8 Å². The zero-order valence-electron chi connectivity index (χ0n) is 21.5. The van der Waals surface area contributed by atoms with Crippen LogP contribution >= 0.6 is 23.4 Å². The van der Waals surface area contributed by atoms with E-state index in [4.69, 9.17) is 31.7 Å². The summed E-state index contributed by atoms with van der Waals surface area (Å²) in [6.07, 6.45) is 7.56. The molecule has 2 saturated heterocycles. The number of oxazole rings is 1. The van der Waals surface area contributed by atoms with E-state index in [1.165, 1.54) is 18.2 Å². The topological polar surface area (TPSA) is 138 Å². The fourth-order valence-electron chi connectivity index (χ4n) is 5.79. The Hall–Kier alpha value is -2.44. The van der Waals surface area contributed by atoms with Gasteiger partial charge < -0.3 is 30.2 Å². The number of anilines is 2. The van der Waals surface area contributed by atoms with E-state index in [9.17, 15) is 10.2 Å². The summed E-state index contributed by atoms with van der Waals surface area (Å²) in [4.78, 5) is 23.3. The Bertz CT molecular complexity index is 1330. The van der Waals surface area contributed by atoms with Crippen molar-refractivity contribution in [1.29, 1.82) is 0 Å². The third-order valence-electron chi connectivity index (χ3n) is 8.37. The number of rotatable bonds is 6. The molecule has 3 aromatic rings. The average molecular weight is 558 g/mol. The quantitative estimate of drug-likeness (QED) is 0.412. The number of aliphatic hydroxyl groups excluding tert-OH is 1. The largest absolute Gasteiger partial charge is 0.447 e.